The highest BCUT2D eigenvalue weighted by atomic mass is 32.1. The Bertz CT molecular complexity index is 869. The number of rotatable bonds is 5. The van der Waals surface area contributed by atoms with Crippen LogP contribution in [0, 0.1) is 6.92 Å². The summed E-state index contributed by atoms with van der Waals surface area (Å²) < 4.78 is 10.2. The van der Waals surface area contributed by atoms with E-state index in [1.165, 1.54) is 23.7 Å². The summed E-state index contributed by atoms with van der Waals surface area (Å²) in [6.07, 6.45) is 1.17. The van der Waals surface area contributed by atoms with Gasteiger partial charge in [0.15, 0.2) is 12.4 Å². The minimum atomic E-state index is -0.485. The maximum absolute atomic E-state index is 11.8. The van der Waals surface area contributed by atoms with E-state index in [2.05, 4.69) is 20.5 Å². The highest BCUT2D eigenvalue weighted by Gasteiger charge is 2.11. The SMILES string of the molecule is Cc1cc(=O)c(OCC(=O)Nc2n[nH]c(-c3cccs3)n2)co1. The van der Waals surface area contributed by atoms with Crippen LogP contribution in [0.2, 0.25) is 0 Å². The van der Waals surface area contributed by atoms with Gasteiger partial charge in [-0.1, -0.05) is 6.07 Å². The summed E-state index contributed by atoms with van der Waals surface area (Å²) in [7, 11) is 0. The number of hydrogen-bond donors (Lipinski definition) is 2. The van der Waals surface area contributed by atoms with Crippen molar-refractivity contribution in [3.8, 4) is 16.5 Å². The summed E-state index contributed by atoms with van der Waals surface area (Å²) >= 11 is 1.50. The maximum Gasteiger partial charge on any atom is 0.264 e. The molecule has 3 aromatic heterocycles. The molecule has 0 aliphatic heterocycles. The molecule has 0 bridgehead atoms. The number of aromatic amines is 1. The fourth-order valence-corrected chi connectivity index (χ4v) is 2.41. The van der Waals surface area contributed by atoms with Crippen LogP contribution >= 0.6 is 11.3 Å². The highest BCUT2D eigenvalue weighted by molar-refractivity contribution is 7.13. The van der Waals surface area contributed by atoms with Gasteiger partial charge in [-0.2, -0.15) is 4.98 Å². The number of amides is 1. The summed E-state index contributed by atoms with van der Waals surface area (Å²) in [4.78, 5) is 28.5. The number of aromatic nitrogens is 3. The van der Waals surface area contributed by atoms with E-state index < -0.39 is 5.91 Å². The predicted octanol–water partition coefficient (Wildman–Crippen LogP) is 1.81. The lowest BCUT2D eigenvalue weighted by atomic mass is 10.4. The quantitative estimate of drug-likeness (QED) is 0.737. The molecule has 3 aromatic rings. The van der Waals surface area contributed by atoms with Crippen LogP contribution in [0.1, 0.15) is 5.76 Å². The van der Waals surface area contributed by atoms with Crippen LogP contribution in [0.25, 0.3) is 10.7 Å². The summed E-state index contributed by atoms with van der Waals surface area (Å²) in [5.74, 6) is 0.656. The lowest BCUT2D eigenvalue weighted by molar-refractivity contribution is -0.118. The van der Waals surface area contributed by atoms with Crippen molar-refractivity contribution in [2.75, 3.05) is 11.9 Å². The van der Waals surface area contributed by atoms with Crippen molar-refractivity contribution in [3.05, 3.63) is 45.8 Å². The zero-order chi connectivity index (χ0) is 16.2. The molecular formula is C14H12N4O4S. The first kappa shape index (κ1) is 15.0. The van der Waals surface area contributed by atoms with Crippen molar-refractivity contribution in [1.29, 1.82) is 0 Å². The molecule has 0 aliphatic rings. The normalized spacial score (nSPS) is 10.5. The molecule has 118 valence electrons. The average Bonchev–Trinajstić information content (AvgIpc) is 3.17. The van der Waals surface area contributed by atoms with Crippen LogP contribution in [-0.4, -0.2) is 27.7 Å². The summed E-state index contributed by atoms with van der Waals surface area (Å²) in [6, 6.07) is 5.06. The molecule has 2 N–H and O–H groups in total. The smallest absolute Gasteiger partial charge is 0.264 e. The molecule has 0 fully saturated rings. The maximum atomic E-state index is 11.8. The van der Waals surface area contributed by atoms with E-state index in [4.69, 9.17) is 9.15 Å². The number of hydrogen-bond acceptors (Lipinski definition) is 7. The predicted molar refractivity (Wildman–Crippen MR) is 83.5 cm³/mol. The van der Waals surface area contributed by atoms with E-state index in [0.717, 1.165) is 4.88 Å². The molecule has 1 amide bonds. The van der Waals surface area contributed by atoms with Crippen LogP contribution in [0.4, 0.5) is 5.95 Å². The van der Waals surface area contributed by atoms with Crippen LogP contribution in [-0.2, 0) is 4.79 Å². The van der Waals surface area contributed by atoms with E-state index in [1.54, 1.807) is 6.92 Å². The van der Waals surface area contributed by atoms with Crippen molar-refractivity contribution in [2.45, 2.75) is 6.92 Å². The van der Waals surface area contributed by atoms with Crippen molar-refractivity contribution in [2.24, 2.45) is 0 Å². The molecule has 8 nitrogen and oxygen atoms in total. The average molecular weight is 332 g/mol. The van der Waals surface area contributed by atoms with Crippen LogP contribution < -0.4 is 15.5 Å². The number of anilines is 1. The van der Waals surface area contributed by atoms with Gasteiger partial charge in [0.2, 0.25) is 17.1 Å². The van der Waals surface area contributed by atoms with Gasteiger partial charge in [0.1, 0.15) is 12.0 Å². The van der Waals surface area contributed by atoms with Gasteiger partial charge < -0.3 is 9.15 Å². The number of carbonyl (C=O) groups excluding carboxylic acids is 1. The van der Waals surface area contributed by atoms with Gasteiger partial charge in [-0.3, -0.25) is 20.0 Å². The fourth-order valence-electron chi connectivity index (χ4n) is 1.74. The third-order valence-corrected chi connectivity index (χ3v) is 3.66. The molecule has 9 heteroatoms. The first-order chi connectivity index (χ1) is 11.1. The van der Waals surface area contributed by atoms with Gasteiger partial charge in [0.25, 0.3) is 5.91 Å². The van der Waals surface area contributed by atoms with E-state index in [-0.39, 0.29) is 23.7 Å². The summed E-state index contributed by atoms with van der Waals surface area (Å²) in [5, 5.41) is 11.0. The van der Waals surface area contributed by atoms with Gasteiger partial charge in [0, 0.05) is 6.07 Å². The number of nitrogens with zero attached hydrogens (tertiary/aromatic N) is 2. The monoisotopic (exact) mass is 332 g/mol. The number of carbonyl (C=O) groups is 1. The van der Waals surface area contributed by atoms with Gasteiger partial charge in [-0.05, 0) is 18.4 Å². The lowest BCUT2D eigenvalue weighted by Gasteiger charge is -2.04. The Kier molecular flexibility index (Phi) is 4.20. The van der Waals surface area contributed by atoms with Gasteiger partial charge >= 0.3 is 0 Å². The molecule has 3 rings (SSSR count). The van der Waals surface area contributed by atoms with Crippen LogP contribution in [0.15, 0.2) is 39.1 Å². The molecule has 0 aromatic carbocycles. The fraction of sp³-hybridized carbons (Fsp3) is 0.143. The van der Waals surface area contributed by atoms with E-state index in [1.807, 2.05) is 17.5 Å². The Morgan fingerprint density at radius 3 is 3.13 bits per heavy atom. The minimum Gasteiger partial charge on any atom is -0.477 e. The minimum absolute atomic E-state index is 0.0278. The zero-order valence-electron chi connectivity index (χ0n) is 12.0. The van der Waals surface area contributed by atoms with Crippen LogP contribution in [0.5, 0.6) is 5.75 Å². The second-order valence-electron chi connectivity index (χ2n) is 4.54. The van der Waals surface area contributed by atoms with Gasteiger partial charge in [-0.25, -0.2) is 0 Å². The van der Waals surface area contributed by atoms with E-state index in [9.17, 15) is 9.59 Å². The van der Waals surface area contributed by atoms with E-state index in [0.29, 0.717) is 11.6 Å². The molecule has 0 spiro atoms. The Morgan fingerprint density at radius 2 is 2.39 bits per heavy atom. The number of nitrogens with one attached hydrogen (secondary N) is 2. The Hall–Kier alpha value is -2.94. The Labute approximate surface area is 134 Å². The molecule has 23 heavy (non-hydrogen) atoms. The third kappa shape index (κ3) is 3.64. The van der Waals surface area contributed by atoms with Crippen molar-refractivity contribution >= 4 is 23.2 Å². The molecule has 0 atom stereocenters. The van der Waals surface area contributed by atoms with Crippen molar-refractivity contribution in [1.82, 2.24) is 15.2 Å². The summed E-state index contributed by atoms with van der Waals surface area (Å²) in [6.45, 7) is 1.29. The molecule has 0 radical (unpaired) electrons. The number of H-pyrrole nitrogens is 1. The molecule has 0 saturated heterocycles. The zero-order valence-corrected chi connectivity index (χ0v) is 12.8. The second-order valence-corrected chi connectivity index (χ2v) is 5.49. The molecular weight excluding hydrogens is 320 g/mol. The molecule has 0 aliphatic carbocycles. The highest BCUT2D eigenvalue weighted by Crippen LogP contribution is 2.21. The molecule has 3 heterocycles. The molecule has 0 unspecified atom stereocenters. The van der Waals surface area contributed by atoms with E-state index >= 15 is 0 Å². The number of aryl methyl sites for hydroxylation is 1. The standard InChI is InChI=1S/C14H12N4O4S/c1-8-5-9(19)10(6-21-8)22-7-12(20)15-14-16-13(17-18-14)11-3-2-4-23-11/h2-6H,7H2,1H3,(H2,15,16,17,18,20). The van der Waals surface area contributed by atoms with Gasteiger partial charge in [-0.15, -0.1) is 16.4 Å². The second kappa shape index (κ2) is 6.44. The largest absolute Gasteiger partial charge is 0.477 e. The van der Waals surface area contributed by atoms with Crippen molar-refractivity contribution < 1.29 is 13.9 Å². The first-order valence-corrected chi connectivity index (χ1v) is 7.48. The first-order valence-electron chi connectivity index (χ1n) is 6.60. The van der Waals surface area contributed by atoms with Gasteiger partial charge in [0.05, 0.1) is 4.88 Å². The third-order valence-electron chi connectivity index (χ3n) is 2.78. The Balaban J connectivity index is 1.58. The van der Waals surface area contributed by atoms with Crippen LogP contribution in [0.3, 0.4) is 0 Å². The number of ether oxygens (including phenoxy) is 1. The Morgan fingerprint density at radius 1 is 1.52 bits per heavy atom. The topological polar surface area (TPSA) is 110 Å². The summed E-state index contributed by atoms with van der Waals surface area (Å²) in [5.41, 5.74) is -0.348. The lowest BCUT2D eigenvalue weighted by Crippen LogP contribution is -2.22. The van der Waals surface area contributed by atoms with Crippen molar-refractivity contribution in [3.63, 3.8) is 0 Å². The number of thiophene rings is 1. The molecule has 0 saturated carbocycles.